The highest BCUT2D eigenvalue weighted by atomic mass is 32.1. The Morgan fingerprint density at radius 3 is 2.16 bits per heavy atom. The van der Waals surface area contributed by atoms with Crippen molar-refractivity contribution in [2.75, 3.05) is 45.4 Å². The van der Waals surface area contributed by atoms with Crippen LogP contribution in [0.25, 0.3) is 0 Å². The average Bonchev–Trinajstić information content (AvgIpc) is 3.03. The van der Waals surface area contributed by atoms with E-state index in [0.717, 1.165) is 18.2 Å². The summed E-state index contributed by atoms with van der Waals surface area (Å²) in [5, 5.41) is 0. The van der Waals surface area contributed by atoms with Crippen LogP contribution in [-0.2, 0) is 26.6 Å². The molecule has 0 aliphatic carbocycles. The van der Waals surface area contributed by atoms with Crippen molar-refractivity contribution < 1.29 is 26.6 Å². The molecule has 0 saturated carbocycles. The van der Waals surface area contributed by atoms with Gasteiger partial charge in [0.2, 0.25) is 0 Å². The largest absolute Gasteiger partial charge is 0.501 e. The van der Waals surface area contributed by atoms with Crippen LogP contribution in [-0.4, -0.2) is 63.0 Å². The summed E-state index contributed by atoms with van der Waals surface area (Å²) in [5.74, 6) is 0.813. The lowest BCUT2D eigenvalue weighted by Crippen LogP contribution is -2.43. The van der Waals surface area contributed by atoms with Crippen LogP contribution < -0.4 is 0 Å². The van der Waals surface area contributed by atoms with Crippen molar-refractivity contribution in [3.05, 3.63) is 0 Å². The third-order valence-corrected chi connectivity index (χ3v) is 8.35. The third-order valence-electron chi connectivity index (χ3n) is 2.95. The standard InChI is InChI=1S/C10H22O6SSi2/c1-18(11-3-4-12-18)13-5-6-14-19(10-2-9-17)15-7-8-16-19/h17H,2-10H2,1H3. The fourth-order valence-electron chi connectivity index (χ4n) is 2.03. The topological polar surface area (TPSA) is 55.4 Å². The van der Waals surface area contributed by atoms with Crippen LogP contribution >= 0.6 is 12.6 Å². The molecule has 2 aliphatic heterocycles. The summed E-state index contributed by atoms with van der Waals surface area (Å²) in [5.41, 5.74) is 0. The maximum atomic E-state index is 5.84. The molecule has 2 heterocycles. The smallest absolute Gasteiger partial charge is 0.371 e. The van der Waals surface area contributed by atoms with E-state index in [1.165, 1.54) is 0 Å². The van der Waals surface area contributed by atoms with E-state index in [1.807, 2.05) is 6.55 Å². The van der Waals surface area contributed by atoms with Gasteiger partial charge in [0.15, 0.2) is 0 Å². The van der Waals surface area contributed by atoms with Gasteiger partial charge >= 0.3 is 17.6 Å². The minimum atomic E-state index is -2.45. The highest BCUT2D eigenvalue weighted by Gasteiger charge is 2.45. The van der Waals surface area contributed by atoms with Crippen LogP contribution in [0.4, 0.5) is 0 Å². The zero-order valence-electron chi connectivity index (χ0n) is 11.3. The van der Waals surface area contributed by atoms with Crippen LogP contribution in [0.1, 0.15) is 6.42 Å². The Hall–Kier alpha value is 0.544. The number of hydrogen-bond acceptors (Lipinski definition) is 7. The summed E-state index contributed by atoms with van der Waals surface area (Å²) in [7, 11) is -4.82. The molecule has 0 aromatic rings. The number of thiol groups is 1. The SMILES string of the molecule is C[Si]1(OCCO[Si]2(CCCS)OCCO2)OCCO1. The second-order valence-electron chi connectivity index (χ2n) is 4.46. The lowest BCUT2D eigenvalue weighted by atomic mass is 10.6. The minimum Gasteiger partial charge on any atom is -0.371 e. The zero-order valence-corrected chi connectivity index (χ0v) is 14.2. The molecule has 9 heteroatoms. The number of rotatable bonds is 8. The molecule has 19 heavy (non-hydrogen) atoms. The Morgan fingerprint density at radius 2 is 1.53 bits per heavy atom. The van der Waals surface area contributed by atoms with Gasteiger partial charge in [0, 0.05) is 12.6 Å². The van der Waals surface area contributed by atoms with E-state index < -0.39 is 17.6 Å². The molecule has 2 rings (SSSR count). The summed E-state index contributed by atoms with van der Waals surface area (Å²) in [6.45, 7) is 5.29. The molecule has 0 N–H and O–H groups in total. The van der Waals surface area contributed by atoms with E-state index in [2.05, 4.69) is 12.6 Å². The highest BCUT2D eigenvalue weighted by Crippen LogP contribution is 2.23. The molecule has 0 aromatic carbocycles. The van der Waals surface area contributed by atoms with Gasteiger partial charge in [0.25, 0.3) is 0 Å². The summed E-state index contributed by atoms with van der Waals surface area (Å²) in [6, 6.07) is 0.818. The molecule has 112 valence electrons. The molecule has 0 aromatic heterocycles. The predicted octanol–water partition coefficient (Wildman–Crippen LogP) is 0.941. The second kappa shape index (κ2) is 7.52. The number of hydrogen-bond donors (Lipinski definition) is 1. The lowest BCUT2D eigenvalue weighted by Gasteiger charge is -2.24. The van der Waals surface area contributed by atoms with Gasteiger partial charge < -0.3 is 26.6 Å². The normalized spacial score (nSPS) is 24.9. The van der Waals surface area contributed by atoms with Gasteiger partial charge in [-0.3, -0.25) is 0 Å². The third kappa shape index (κ3) is 4.79. The van der Waals surface area contributed by atoms with Gasteiger partial charge in [-0.25, -0.2) is 0 Å². The molecule has 0 bridgehead atoms. The van der Waals surface area contributed by atoms with Crippen molar-refractivity contribution in [1.82, 2.24) is 0 Å². The fraction of sp³-hybridized carbons (Fsp3) is 1.00. The Balaban J connectivity index is 1.67. The lowest BCUT2D eigenvalue weighted by molar-refractivity contribution is 0.0851. The van der Waals surface area contributed by atoms with Crippen LogP contribution in [0.2, 0.25) is 12.6 Å². The summed E-state index contributed by atoms with van der Waals surface area (Å²) >= 11 is 4.21. The van der Waals surface area contributed by atoms with Crippen LogP contribution in [0.15, 0.2) is 0 Å². The summed E-state index contributed by atoms with van der Waals surface area (Å²) < 4.78 is 33.9. The Labute approximate surface area is 121 Å². The van der Waals surface area contributed by atoms with Crippen LogP contribution in [0, 0.1) is 0 Å². The van der Waals surface area contributed by atoms with Gasteiger partial charge in [-0.15, -0.1) is 0 Å². The minimum absolute atomic E-state index is 0.449. The highest BCUT2D eigenvalue weighted by molar-refractivity contribution is 7.80. The zero-order chi connectivity index (χ0) is 13.6. The molecule has 2 saturated heterocycles. The van der Waals surface area contributed by atoms with Crippen molar-refractivity contribution in [2.24, 2.45) is 0 Å². The molecular formula is C10H22O6SSi2. The van der Waals surface area contributed by atoms with E-state index in [9.17, 15) is 0 Å². The van der Waals surface area contributed by atoms with Crippen molar-refractivity contribution in [3.8, 4) is 0 Å². The molecule has 0 spiro atoms. The molecule has 0 radical (unpaired) electrons. The molecule has 0 amide bonds. The van der Waals surface area contributed by atoms with Gasteiger partial charge in [0.05, 0.1) is 39.6 Å². The van der Waals surface area contributed by atoms with Crippen molar-refractivity contribution in [3.63, 3.8) is 0 Å². The second-order valence-corrected chi connectivity index (χ2v) is 10.2. The molecule has 2 aliphatic rings. The maximum absolute atomic E-state index is 5.84. The molecular weight excluding hydrogens is 304 g/mol. The maximum Gasteiger partial charge on any atom is 0.501 e. The van der Waals surface area contributed by atoms with E-state index in [1.54, 1.807) is 0 Å². The van der Waals surface area contributed by atoms with Crippen molar-refractivity contribution in [1.29, 1.82) is 0 Å². The van der Waals surface area contributed by atoms with Crippen LogP contribution in [0.5, 0.6) is 0 Å². The average molecular weight is 327 g/mol. The van der Waals surface area contributed by atoms with Gasteiger partial charge in [-0.2, -0.15) is 12.6 Å². The quantitative estimate of drug-likeness (QED) is 0.407. The Bertz CT molecular complexity index is 271. The van der Waals surface area contributed by atoms with Crippen molar-refractivity contribution >= 4 is 30.2 Å². The monoisotopic (exact) mass is 326 g/mol. The van der Waals surface area contributed by atoms with E-state index in [-0.39, 0.29) is 0 Å². The van der Waals surface area contributed by atoms with Crippen LogP contribution in [0.3, 0.4) is 0 Å². The summed E-state index contributed by atoms with van der Waals surface area (Å²) in [4.78, 5) is 0. The van der Waals surface area contributed by atoms with Gasteiger partial charge in [-0.05, 0) is 12.2 Å². The van der Waals surface area contributed by atoms with Crippen molar-refractivity contribution in [2.45, 2.75) is 19.0 Å². The van der Waals surface area contributed by atoms with Gasteiger partial charge in [-0.1, -0.05) is 0 Å². The first-order chi connectivity index (χ1) is 9.18. The summed E-state index contributed by atoms with van der Waals surface area (Å²) in [6.07, 6.45) is 0.939. The first kappa shape index (κ1) is 15.9. The first-order valence-corrected chi connectivity index (χ1v) is 11.4. The predicted molar refractivity (Wildman–Crippen MR) is 76.4 cm³/mol. The molecule has 0 atom stereocenters. The van der Waals surface area contributed by atoms with E-state index in [4.69, 9.17) is 26.6 Å². The van der Waals surface area contributed by atoms with E-state index in [0.29, 0.717) is 39.6 Å². The molecule has 0 unspecified atom stereocenters. The molecule has 2 fully saturated rings. The first-order valence-electron chi connectivity index (χ1n) is 6.63. The Kier molecular flexibility index (Phi) is 6.31. The molecule has 6 nitrogen and oxygen atoms in total. The Morgan fingerprint density at radius 1 is 0.947 bits per heavy atom. The fourth-order valence-corrected chi connectivity index (χ4v) is 6.58. The van der Waals surface area contributed by atoms with Gasteiger partial charge in [0.1, 0.15) is 0 Å². The van der Waals surface area contributed by atoms with E-state index >= 15 is 0 Å².